The zero-order valence-electron chi connectivity index (χ0n) is 18.7. The van der Waals surface area contributed by atoms with Gasteiger partial charge in [-0.15, -0.1) is 0 Å². The van der Waals surface area contributed by atoms with E-state index in [1.165, 1.54) is 12.4 Å². The molecule has 2 heterocycles. The van der Waals surface area contributed by atoms with Crippen molar-refractivity contribution in [2.24, 2.45) is 15.7 Å². The number of nitrogens with zero attached hydrogens (tertiary/aromatic N) is 4. The normalized spacial score (nSPS) is 18.8. The zero-order valence-corrected chi connectivity index (χ0v) is 20.2. The molecule has 1 aromatic carbocycles. The average molecular weight is 487 g/mol. The van der Waals surface area contributed by atoms with Crippen molar-refractivity contribution in [1.82, 2.24) is 9.88 Å². The van der Waals surface area contributed by atoms with Gasteiger partial charge in [-0.3, -0.25) is 9.98 Å². The van der Waals surface area contributed by atoms with Crippen LogP contribution in [0, 0.1) is 0 Å². The molecule has 1 aromatic heterocycles. The van der Waals surface area contributed by atoms with Crippen molar-refractivity contribution in [2.45, 2.75) is 19.4 Å². The number of aliphatic imine (C=N–C) groups is 2. The maximum Gasteiger partial charge on any atom is 0.124 e. The molecule has 2 aromatic rings. The Kier molecular flexibility index (Phi) is 8.88. The molecular formula is C24H28Cl2N6O. The molecule has 3 rings (SSSR count). The van der Waals surface area contributed by atoms with E-state index in [4.69, 9.17) is 39.4 Å². The summed E-state index contributed by atoms with van der Waals surface area (Å²) in [6.45, 7) is 4.38. The van der Waals surface area contributed by atoms with Gasteiger partial charge in [-0.2, -0.15) is 0 Å². The van der Waals surface area contributed by atoms with Crippen LogP contribution in [0.15, 0.2) is 58.3 Å². The van der Waals surface area contributed by atoms with Crippen LogP contribution in [0.1, 0.15) is 30.6 Å². The van der Waals surface area contributed by atoms with Crippen LogP contribution in [0.25, 0.3) is 5.70 Å². The zero-order chi connectivity index (χ0) is 23.8. The first kappa shape index (κ1) is 24.8. The Bertz CT molecular complexity index is 1080. The van der Waals surface area contributed by atoms with E-state index >= 15 is 0 Å². The molecule has 33 heavy (non-hydrogen) atoms. The van der Waals surface area contributed by atoms with Gasteiger partial charge in [0, 0.05) is 59.8 Å². The fraction of sp³-hybridized carbons (Fsp3) is 0.292. The first-order valence-corrected chi connectivity index (χ1v) is 11.3. The van der Waals surface area contributed by atoms with Crippen molar-refractivity contribution in [3.05, 3.63) is 69.5 Å². The predicted molar refractivity (Wildman–Crippen MR) is 138 cm³/mol. The Morgan fingerprint density at radius 3 is 2.70 bits per heavy atom. The standard InChI is InChI=1S/C24H28Cl2N6O/c1-16(23-20(25)13-30-14-21(23)26)33-18-6-7-22(27)19(11-18)24(28)17-5-3-4-9-32(2)10-8-29-15-31-12-17/h3,5-7,11-16H,4,8-10,27-28H2,1-2H3/b5-3-,24-17+,29-15?,31-12?/t16-/m1/s1. The van der Waals surface area contributed by atoms with Gasteiger partial charge in [-0.25, -0.2) is 4.99 Å². The van der Waals surface area contributed by atoms with Crippen molar-refractivity contribution in [3.63, 3.8) is 0 Å². The minimum Gasteiger partial charge on any atom is -0.486 e. The van der Waals surface area contributed by atoms with Crippen LogP contribution >= 0.6 is 23.2 Å². The van der Waals surface area contributed by atoms with Gasteiger partial charge in [-0.05, 0) is 38.6 Å². The Labute approximate surface area is 204 Å². The summed E-state index contributed by atoms with van der Waals surface area (Å²) in [7, 11) is 2.07. The number of benzene rings is 1. The van der Waals surface area contributed by atoms with Crippen molar-refractivity contribution < 1.29 is 4.74 Å². The van der Waals surface area contributed by atoms with Crippen molar-refractivity contribution in [2.75, 3.05) is 32.4 Å². The van der Waals surface area contributed by atoms with Crippen LogP contribution in [0.2, 0.25) is 10.0 Å². The van der Waals surface area contributed by atoms with Gasteiger partial charge in [0.2, 0.25) is 0 Å². The van der Waals surface area contributed by atoms with Crippen LogP contribution in [0.5, 0.6) is 5.75 Å². The van der Waals surface area contributed by atoms with E-state index in [-0.39, 0.29) is 0 Å². The smallest absolute Gasteiger partial charge is 0.124 e. The highest BCUT2D eigenvalue weighted by Gasteiger charge is 2.17. The number of allylic oxidation sites excluding steroid dienone is 2. The molecule has 0 aliphatic carbocycles. The Morgan fingerprint density at radius 2 is 1.94 bits per heavy atom. The Balaban J connectivity index is 1.92. The van der Waals surface area contributed by atoms with Gasteiger partial charge in [0.05, 0.1) is 16.6 Å². The molecule has 0 unspecified atom stereocenters. The van der Waals surface area contributed by atoms with Crippen LogP contribution in [-0.2, 0) is 0 Å². The van der Waals surface area contributed by atoms with Crippen LogP contribution in [0.3, 0.4) is 0 Å². The number of likely N-dealkylation sites (N-methyl/N-ethyl adjacent to an activating group) is 1. The lowest BCUT2D eigenvalue weighted by molar-refractivity contribution is 0.227. The first-order chi connectivity index (χ1) is 15.9. The number of pyridine rings is 1. The number of nitrogen functional groups attached to an aromatic ring is 1. The lowest BCUT2D eigenvalue weighted by Gasteiger charge is -2.19. The molecule has 174 valence electrons. The molecule has 1 atom stereocenters. The molecule has 9 heteroatoms. The highest BCUT2D eigenvalue weighted by atomic mass is 35.5. The summed E-state index contributed by atoms with van der Waals surface area (Å²) in [5.41, 5.74) is 15.9. The third-order valence-electron chi connectivity index (χ3n) is 5.18. The van der Waals surface area contributed by atoms with Gasteiger partial charge in [-0.1, -0.05) is 35.4 Å². The number of ether oxygens (including phenoxy) is 1. The third kappa shape index (κ3) is 6.81. The van der Waals surface area contributed by atoms with Crippen LogP contribution in [0.4, 0.5) is 5.69 Å². The van der Waals surface area contributed by atoms with E-state index in [2.05, 4.69) is 33.0 Å². The topological polar surface area (TPSA) is 102 Å². The average Bonchev–Trinajstić information content (AvgIpc) is 2.77. The molecular weight excluding hydrogens is 459 g/mol. The molecule has 7 nitrogen and oxygen atoms in total. The molecule has 4 N–H and O–H groups in total. The predicted octanol–water partition coefficient (Wildman–Crippen LogP) is 4.77. The molecule has 0 fully saturated rings. The monoisotopic (exact) mass is 486 g/mol. The number of rotatable bonds is 4. The number of nitrogens with two attached hydrogens (primary N) is 2. The summed E-state index contributed by atoms with van der Waals surface area (Å²) >= 11 is 12.5. The molecule has 0 bridgehead atoms. The highest BCUT2D eigenvalue weighted by Crippen LogP contribution is 2.34. The summed E-state index contributed by atoms with van der Waals surface area (Å²) in [5.74, 6) is 0.580. The summed E-state index contributed by atoms with van der Waals surface area (Å²) in [5, 5.41) is 0.878. The van der Waals surface area contributed by atoms with E-state index in [0.29, 0.717) is 44.9 Å². The van der Waals surface area contributed by atoms with E-state index in [9.17, 15) is 0 Å². The SMILES string of the molecule is C[C@@H](Oc1ccc(N)c(/C(N)=C2C=NC=NCCN(C)CC/C=C\2)c1)c1c(Cl)cncc1Cl. The number of anilines is 1. The summed E-state index contributed by atoms with van der Waals surface area (Å²) in [4.78, 5) is 14.8. The van der Waals surface area contributed by atoms with E-state index < -0.39 is 6.10 Å². The van der Waals surface area contributed by atoms with Crippen LogP contribution in [-0.4, -0.2) is 49.1 Å². The summed E-state index contributed by atoms with van der Waals surface area (Å²) < 4.78 is 6.11. The van der Waals surface area contributed by atoms with Gasteiger partial charge in [0.1, 0.15) is 18.2 Å². The number of aromatic nitrogens is 1. The quantitative estimate of drug-likeness (QED) is 0.605. The Morgan fingerprint density at radius 1 is 1.18 bits per heavy atom. The minimum absolute atomic E-state index is 0.408. The van der Waals surface area contributed by atoms with Crippen molar-refractivity contribution in [1.29, 1.82) is 0 Å². The van der Waals surface area contributed by atoms with Gasteiger partial charge >= 0.3 is 0 Å². The second-order valence-corrected chi connectivity index (χ2v) is 8.50. The van der Waals surface area contributed by atoms with Gasteiger partial charge in [0.15, 0.2) is 0 Å². The number of halogens is 2. The lowest BCUT2D eigenvalue weighted by Crippen LogP contribution is -2.22. The molecule has 0 spiro atoms. The fourth-order valence-corrected chi connectivity index (χ4v) is 4.01. The lowest BCUT2D eigenvalue weighted by atomic mass is 10.0. The minimum atomic E-state index is -0.408. The molecule has 0 amide bonds. The fourth-order valence-electron chi connectivity index (χ4n) is 3.34. The molecule has 1 aliphatic heterocycles. The third-order valence-corrected chi connectivity index (χ3v) is 5.79. The van der Waals surface area contributed by atoms with E-state index in [1.54, 1.807) is 30.8 Å². The van der Waals surface area contributed by atoms with Gasteiger partial charge in [0.25, 0.3) is 0 Å². The van der Waals surface area contributed by atoms with Crippen molar-refractivity contribution >= 4 is 47.1 Å². The molecule has 0 saturated carbocycles. The molecule has 0 saturated heterocycles. The first-order valence-electron chi connectivity index (χ1n) is 10.6. The maximum absolute atomic E-state index is 6.53. The second-order valence-electron chi connectivity index (χ2n) is 7.69. The van der Waals surface area contributed by atoms with E-state index in [1.807, 2.05) is 13.0 Å². The van der Waals surface area contributed by atoms with E-state index in [0.717, 1.165) is 25.1 Å². The number of hydrogen-bond acceptors (Lipinski definition) is 7. The van der Waals surface area contributed by atoms with Crippen molar-refractivity contribution in [3.8, 4) is 5.75 Å². The molecule has 1 aliphatic rings. The second kappa shape index (κ2) is 11.8. The van der Waals surface area contributed by atoms with Gasteiger partial charge < -0.3 is 21.1 Å². The Hall–Kier alpha value is -2.87. The molecule has 0 radical (unpaired) electrons. The highest BCUT2D eigenvalue weighted by molar-refractivity contribution is 6.35. The maximum atomic E-state index is 6.53. The van der Waals surface area contributed by atoms with Crippen LogP contribution < -0.4 is 16.2 Å². The summed E-state index contributed by atoms with van der Waals surface area (Å²) in [6, 6.07) is 5.34. The summed E-state index contributed by atoms with van der Waals surface area (Å²) in [6.07, 6.45) is 10.8. The number of hydrogen-bond donors (Lipinski definition) is 2. The largest absolute Gasteiger partial charge is 0.486 e.